The number of aromatic amines is 1. The number of likely N-dealkylation sites (N-methyl/N-ethyl adjacent to an activating group) is 1. The molecule has 78 valence electrons. The lowest BCUT2D eigenvalue weighted by molar-refractivity contribution is 0.451. The van der Waals surface area contributed by atoms with Gasteiger partial charge in [-0.2, -0.15) is 0 Å². The van der Waals surface area contributed by atoms with Crippen molar-refractivity contribution in [1.82, 2.24) is 15.3 Å². The zero-order valence-corrected chi connectivity index (χ0v) is 8.70. The Morgan fingerprint density at radius 3 is 3.13 bits per heavy atom. The van der Waals surface area contributed by atoms with Crippen molar-refractivity contribution in [3.05, 3.63) is 24.5 Å². The van der Waals surface area contributed by atoms with Gasteiger partial charge < -0.3 is 15.2 Å². The van der Waals surface area contributed by atoms with Gasteiger partial charge in [0.2, 0.25) is 0 Å². The van der Waals surface area contributed by atoms with Gasteiger partial charge in [0.25, 0.3) is 0 Å². The van der Waals surface area contributed by atoms with E-state index in [0.717, 1.165) is 24.1 Å². The van der Waals surface area contributed by atoms with Crippen LogP contribution in [0.1, 0.15) is 0 Å². The van der Waals surface area contributed by atoms with Crippen LogP contribution in [0.4, 0.5) is 5.69 Å². The van der Waals surface area contributed by atoms with Gasteiger partial charge in [-0.25, -0.2) is 4.98 Å². The summed E-state index contributed by atoms with van der Waals surface area (Å²) in [6.45, 7) is 2.14. The lowest BCUT2D eigenvalue weighted by Crippen LogP contribution is -2.57. The second kappa shape index (κ2) is 3.24. The summed E-state index contributed by atoms with van der Waals surface area (Å²) in [6.07, 6.45) is 1.75. The maximum atomic E-state index is 4.35. The van der Waals surface area contributed by atoms with Crippen molar-refractivity contribution in [3.63, 3.8) is 0 Å². The first-order valence-electron chi connectivity index (χ1n) is 5.23. The molecule has 1 aliphatic rings. The van der Waals surface area contributed by atoms with Crippen LogP contribution in [0.3, 0.4) is 0 Å². The molecule has 0 bridgehead atoms. The first-order chi connectivity index (χ1) is 7.38. The van der Waals surface area contributed by atoms with Crippen molar-refractivity contribution in [2.75, 3.05) is 25.0 Å². The molecule has 1 aromatic heterocycles. The van der Waals surface area contributed by atoms with Crippen LogP contribution in [0.5, 0.6) is 0 Å². The number of benzene rings is 1. The van der Waals surface area contributed by atoms with Gasteiger partial charge in [0.1, 0.15) is 5.52 Å². The summed E-state index contributed by atoms with van der Waals surface area (Å²) in [4.78, 5) is 9.84. The fourth-order valence-electron chi connectivity index (χ4n) is 2.06. The monoisotopic (exact) mass is 202 g/mol. The van der Waals surface area contributed by atoms with Crippen molar-refractivity contribution >= 4 is 16.7 Å². The fourth-order valence-corrected chi connectivity index (χ4v) is 2.06. The zero-order valence-electron chi connectivity index (χ0n) is 8.70. The van der Waals surface area contributed by atoms with Gasteiger partial charge in [0, 0.05) is 19.1 Å². The predicted octanol–water partition coefficient (Wildman–Crippen LogP) is 0.971. The number of hydrogen-bond donors (Lipinski definition) is 2. The lowest BCUT2D eigenvalue weighted by atomic mass is 10.1. The van der Waals surface area contributed by atoms with Gasteiger partial charge in [0.15, 0.2) is 0 Å². The van der Waals surface area contributed by atoms with E-state index in [1.807, 2.05) is 7.05 Å². The van der Waals surface area contributed by atoms with Gasteiger partial charge >= 0.3 is 0 Å². The summed E-state index contributed by atoms with van der Waals surface area (Å²) in [7, 11) is 2.01. The van der Waals surface area contributed by atoms with Crippen LogP contribution in [0.15, 0.2) is 24.5 Å². The molecule has 0 radical (unpaired) electrons. The SMILES string of the molecule is CNC1CN(c2cccc3[nH]cnc23)C1. The van der Waals surface area contributed by atoms with E-state index in [-0.39, 0.29) is 0 Å². The number of nitrogens with zero attached hydrogens (tertiary/aromatic N) is 2. The maximum absolute atomic E-state index is 4.35. The molecule has 0 unspecified atom stereocenters. The van der Waals surface area contributed by atoms with Gasteiger partial charge in [-0.15, -0.1) is 0 Å². The molecule has 4 nitrogen and oxygen atoms in total. The Labute approximate surface area is 88.3 Å². The minimum Gasteiger partial charge on any atom is -0.366 e. The number of nitrogens with one attached hydrogen (secondary N) is 2. The highest BCUT2D eigenvalue weighted by atomic mass is 15.2. The van der Waals surface area contributed by atoms with E-state index in [1.54, 1.807) is 6.33 Å². The van der Waals surface area contributed by atoms with Crippen molar-refractivity contribution in [2.45, 2.75) is 6.04 Å². The van der Waals surface area contributed by atoms with Crippen molar-refractivity contribution in [1.29, 1.82) is 0 Å². The molecule has 0 spiro atoms. The molecule has 1 aromatic carbocycles. The Bertz CT molecular complexity index is 470. The molecule has 15 heavy (non-hydrogen) atoms. The average Bonchev–Trinajstić information content (AvgIpc) is 2.64. The number of fused-ring (bicyclic) bond motifs is 1. The molecule has 0 atom stereocenters. The standard InChI is InChI=1S/C11H14N4/c1-12-8-5-15(6-8)10-4-2-3-9-11(10)14-7-13-9/h2-4,7-8,12H,5-6H2,1H3,(H,13,14). The minimum absolute atomic E-state index is 0.624. The molecule has 0 amide bonds. The Morgan fingerprint density at radius 2 is 2.33 bits per heavy atom. The molecule has 0 saturated carbocycles. The van der Waals surface area contributed by atoms with Crippen LogP contribution < -0.4 is 10.2 Å². The lowest BCUT2D eigenvalue weighted by Gasteiger charge is -2.40. The predicted molar refractivity (Wildman–Crippen MR) is 61.2 cm³/mol. The van der Waals surface area contributed by atoms with Crippen LogP contribution in [0, 0.1) is 0 Å². The van der Waals surface area contributed by atoms with E-state index in [0.29, 0.717) is 6.04 Å². The summed E-state index contributed by atoms with van der Waals surface area (Å²) in [6, 6.07) is 6.89. The largest absolute Gasteiger partial charge is 0.366 e. The van der Waals surface area contributed by atoms with Gasteiger partial charge in [-0.05, 0) is 19.2 Å². The summed E-state index contributed by atoms with van der Waals surface area (Å²) < 4.78 is 0. The van der Waals surface area contributed by atoms with Crippen LogP contribution in [0.2, 0.25) is 0 Å². The van der Waals surface area contributed by atoms with E-state index in [2.05, 4.69) is 38.4 Å². The summed E-state index contributed by atoms with van der Waals surface area (Å²) in [5, 5.41) is 3.27. The van der Waals surface area contributed by atoms with Crippen molar-refractivity contribution < 1.29 is 0 Å². The highest BCUT2D eigenvalue weighted by Crippen LogP contribution is 2.27. The Kier molecular flexibility index (Phi) is 1.89. The number of rotatable bonds is 2. The number of H-pyrrole nitrogens is 1. The van der Waals surface area contributed by atoms with Gasteiger partial charge in [-0.1, -0.05) is 6.07 Å². The molecule has 1 saturated heterocycles. The third kappa shape index (κ3) is 1.29. The first kappa shape index (κ1) is 8.73. The zero-order chi connectivity index (χ0) is 10.3. The van der Waals surface area contributed by atoms with Crippen molar-refractivity contribution in [3.8, 4) is 0 Å². The molecule has 4 heteroatoms. The number of anilines is 1. The third-order valence-corrected chi connectivity index (χ3v) is 3.06. The highest BCUT2D eigenvalue weighted by molar-refractivity contribution is 5.88. The summed E-state index contributed by atoms with van der Waals surface area (Å²) in [5.74, 6) is 0. The van der Waals surface area contributed by atoms with E-state index < -0.39 is 0 Å². The molecule has 2 N–H and O–H groups in total. The smallest absolute Gasteiger partial charge is 0.112 e. The molecule has 1 aliphatic heterocycles. The molecular weight excluding hydrogens is 188 g/mol. The average molecular weight is 202 g/mol. The Morgan fingerprint density at radius 1 is 1.47 bits per heavy atom. The second-order valence-corrected chi connectivity index (χ2v) is 3.97. The molecule has 2 aromatic rings. The van der Waals surface area contributed by atoms with Crippen LogP contribution >= 0.6 is 0 Å². The second-order valence-electron chi connectivity index (χ2n) is 3.97. The molecule has 1 fully saturated rings. The summed E-state index contributed by atoms with van der Waals surface area (Å²) >= 11 is 0. The van der Waals surface area contributed by atoms with E-state index in [4.69, 9.17) is 0 Å². The first-order valence-corrected chi connectivity index (χ1v) is 5.23. The normalized spacial score (nSPS) is 17.0. The Hall–Kier alpha value is -1.55. The molecular formula is C11H14N4. The number of imidazole rings is 1. The number of aromatic nitrogens is 2. The van der Waals surface area contributed by atoms with Gasteiger partial charge in [-0.3, -0.25) is 0 Å². The van der Waals surface area contributed by atoms with E-state index in [9.17, 15) is 0 Å². The fraction of sp³-hybridized carbons (Fsp3) is 0.364. The minimum atomic E-state index is 0.624. The maximum Gasteiger partial charge on any atom is 0.112 e. The van der Waals surface area contributed by atoms with E-state index in [1.165, 1.54) is 5.69 Å². The summed E-state index contributed by atoms with van der Waals surface area (Å²) in [5.41, 5.74) is 3.42. The third-order valence-electron chi connectivity index (χ3n) is 3.06. The van der Waals surface area contributed by atoms with E-state index >= 15 is 0 Å². The number of para-hydroxylation sites is 1. The molecule has 0 aliphatic carbocycles. The quantitative estimate of drug-likeness (QED) is 0.762. The van der Waals surface area contributed by atoms with Gasteiger partial charge in [0.05, 0.1) is 17.5 Å². The number of hydrogen-bond acceptors (Lipinski definition) is 3. The van der Waals surface area contributed by atoms with Crippen molar-refractivity contribution in [2.24, 2.45) is 0 Å². The molecule has 2 heterocycles. The van der Waals surface area contributed by atoms with Crippen LogP contribution in [-0.2, 0) is 0 Å². The van der Waals surface area contributed by atoms with Crippen LogP contribution in [0.25, 0.3) is 11.0 Å². The topological polar surface area (TPSA) is 44.0 Å². The van der Waals surface area contributed by atoms with Crippen LogP contribution in [-0.4, -0.2) is 36.1 Å². The molecule has 3 rings (SSSR count). The highest BCUT2D eigenvalue weighted by Gasteiger charge is 2.26. The Balaban J connectivity index is 1.95.